The van der Waals surface area contributed by atoms with E-state index < -0.39 is 0 Å². The van der Waals surface area contributed by atoms with Gasteiger partial charge in [0.2, 0.25) is 0 Å². The molecule has 0 amide bonds. The Morgan fingerprint density at radius 1 is 1.14 bits per heavy atom. The average molecular weight is 568 g/mol. The number of allylic oxidation sites excluding steroid dienone is 2. The summed E-state index contributed by atoms with van der Waals surface area (Å²) in [7, 11) is 0. The van der Waals surface area contributed by atoms with Crippen molar-refractivity contribution < 1.29 is 30.0 Å². The second-order valence-electron chi connectivity index (χ2n) is 6.14. The number of carbonyl (C=O) groups is 1. The van der Waals surface area contributed by atoms with Crippen molar-refractivity contribution in [3.05, 3.63) is 72.4 Å². The number of rotatable bonds is 2. The number of aliphatic hydroxyl groups is 1. The van der Waals surface area contributed by atoms with Crippen LogP contribution >= 0.6 is 11.3 Å². The molecule has 0 spiro atoms. The summed E-state index contributed by atoms with van der Waals surface area (Å²) in [6.45, 7) is 4.95. The van der Waals surface area contributed by atoms with Gasteiger partial charge in [-0.3, -0.25) is 9.78 Å². The summed E-state index contributed by atoms with van der Waals surface area (Å²) in [6.07, 6.45) is 6.85. The third-order valence-electron chi connectivity index (χ3n) is 3.85. The number of aliphatic hydroxyl groups excluding tert-OH is 1. The monoisotopic (exact) mass is 568 g/mol. The van der Waals surface area contributed by atoms with E-state index in [4.69, 9.17) is 5.11 Å². The Morgan fingerprint density at radius 2 is 1.93 bits per heavy atom. The van der Waals surface area contributed by atoms with Crippen molar-refractivity contribution in [2.24, 2.45) is 0 Å². The normalized spacial score (nSPS) is 10.9. The van der Waals surface area contributed by atoms with Crippen LogP contribution in [0.5, 0.6) is 0 Å². The van der Waals surface area contributed by atoms with Crippen LogP contribution in [0.2, 0.25) is 0 Å². The molecule has 6 heteroatoms. The van der Waals surface area contributed by atoms with E-state index in [9.17, 15) is 4.79 Å². The number of nitrogens with zero attached hydrogens (tertiary/aromatic N) is 2. The van der Waals surface area contributed by atoms with Gasteiger partial charge < -0.3 is 10.1 Å². The van der Waals surface area contributed by atoms with Crippen LogP contribution in [0.3, 0.4) is 0 Å². The molecular weight excluding hydrogens is 549 g/mol. The number of hydrogen-bond donors (Lipinski definition) is 1. The van der Waals surface area contributed by atoms with E-state index in [-0.39, 0.29) is 31.6 Å². The Kier molecular flexibility index (Phi) is 7.58. The maximum atomic E-state index is 10.0. The smallest absolute Gasteiger partial charge is 0.155 e. The first-order valence-electron chi connectivity index (χ1n) is 8.44. The van der Waals surface area contributed by atoms with E-state index in [1.54, 1.807) is 11.3 Å². The fourth-order valence-corrected chi connectivity index (χ4v) is 4.02. The third-order valence-corrected chi connectivity index (χ3v) is 5.23. The maximum Gasteiger partial charge on any atom is 0.155 e. The third kappa shape index (κ3) is 4.90. The summed E-state index contributed by atoms with van der Waals surface area (Å²) in [5.74, 6) is -0.0625. The summed E-state index contributed by atoms with van der Waals surface area (Å²) >= 11 is 1.80. The van der Waals surface area contributed by atoms with Gasteiger partial charge in [-0.2, -0.15) is 11.3 Å². The Hall–Kier alpha value is -2.40. The number of thiophene rings is 1. The van der Waals surface area contributed by atoms with Crippen LogP contribution in [0.25, 0.3) is 31.4 Å². The van der Waals surface area contributed by atoms with E-state index in [0.29, 0.717) is 0 Å². The van der Waals surface area contributed by atoms with Crippen molar-refractivity contribution in [1.29, 1.82) is 0 Å². The molecule has 0 aliphatic rings. The molecule has 0 saturated heterocycles. The van der Waals surface area contributed by atoms with Crippen molar-refractivity contribution in [3.63, 3.8) is 0 Å². The molecule has 145 valence electrons. The van der Waals surface area contributed by atoms with Crippen molar-refractivity contribution >= 4 is 37.3 Å². The van der Waals surface area contributed by atoms with Crippen molar-refractivity contribution in [2.75, 3.05) is 0 Å². The van der Waals surface area contributed by atoms with Gasteiger partial charge in [-0.15, -0.1) is 23.8 Å². The van der Waals surface area contributed by atoms with Gasteiger partial charge in [-0.25, -0.2) is 0 Å². The average Bonchev–Trinajstić information content (AvgIpc) is 3.02. The van der Waals surface area contributed by atoms with Gasteiger partial charge in [0, 0.05) is 49.5 Å². The van der Waals surface area contributed by atoms with E-state index in [1.165, 1.54) is 45.7 Å². The predicted molar refractivity (Wildman–Crippen MR) is 111 cm³/mol. The van der Waals surface area contributed by atoms with Crippen molar-refractivity contribution in [2.45, 2.75) is 20.8 Å². The molecule has 0 aliphatic carbocycles. The molecule has 1 aromatic carbocycles. The molecule has 0 bridgehead atoms. The fraction of sp³-hybridized carbons (Fsp3) is 0.136. The summed E-state index contributed by atoms with van der Waals surface area (Å²) in [5.41, 5.74) is 3.26. The molecule has 3 aromatic heterocycles. The Morgan fingerprint density at radius 3 is 2.54 bits per heavy atom. The largest absolute Gasteiger partial charge is 0.512 e. The zero-order valence-electron chi connectivity index (χ0n) is 15.7. The zero-order chi connectivity index (χ0) is 19.4. The van der Waals surface area contributed by atoms with E-state index in [1.807, 2.05) is 42.9 Å². The Bertz CT molecular complexity index is 1130. The summed E-state index contributed by atoms with van der Waals surface area (Å²) < 4.78 is 2.53. The number of pyridine rings is 2. The number of fused-ring (bicyclic) bond motifs is 3. The van der Waals surface area contributed by atoms with E-state index in [2.05, 4.69) is 29.0 Å². The number of carbonyl (C=O) groups excluding carboxylic acids is 1. The molecule has 4 rings (SSSR count). The molecule has 3 heterocycles. The second-order valence-corrected chi connectivity index (χ2v) is 7.16. The van der Waals surface area contributed by atoms with E-state index >= 15 is 0 Å². The number of hydrogen-bond acceptors (Lipinski definition) is 5. The van der Waals surface area contributed by atoms with Crippen molar-refractivity contribution in [1.82, 2.24) is 9.97 Å². The van der Waals surface area contributed by atoms with Crippen LogP contribution in [0.1, 0.15) is 19.4 Å². The predicted octanol–water partition coefficient (Wildman–Crippen LogP) is 5.65. The Balaban J connectivity index is 0.000000306. The van der Waals surface area contributed by atoms with Crippen LogP contribution in [0, 0.1) is 13.0 Å². The van der Waals surface area contributed by atoms with Gasteiger partial charge in [0.25, 0.3) is 0 Å². The van der Waals surface area contributed by atoms with Gasteiger partial charge in [-0.1, -0.05) is 17.5 Å². The fourth-order valence-electron chi connectivity index (χ4n) is 2.78. The number of ketones is 1. The first-order chi connectivity index (χ1) is 13.0. The van der Waals surface area contributed by atoms with Crippen molar-refractivity contribution in [3.8, 4) is 11.3 Å². The van der Waals surface area contributed by atoms with Gasteiger partial charge >= 0.3 is 0 Å². The van der Waals surface area contributed by atoms with Crippen LogP contribution < -0.4 is 0 Å². The first-order valence-corrected chi connectivity index (χ1v) is 9.25. The molecule has 4 nitrogen and oxygen atoms in total. The van der Waals surface area contributed by atoms with E-state index in [0.717, 1.165) is 11.3 Å². The van der Waals surface area contributed by atoms with Gasteiger partial charge in [0.05, 0.1) is 5.76 Å². The summed E-state index contributed by atoms with van der Waals surface area (Å²) in [5, 5.41) is 10.8. The van der Waals surface area contributed by atoms with Gasteiger partial charge in [0.15, 0.2) is 5.78 Å². The molecule has 0 saturated carbocycles. The number of aromatic nitrogens is 2. The van der Waals surface area contributed by atoms with Gasteiger partial charge in [0.1, 0.15) is 0 Å². The van der Waals surface area contributed by atoms with Crippen LogP contribution in [0.4, 0.5) is 0 Å². The first kappa shape index (κ1) is 21.9. The molecule has 28 heavy (non-hydrogen) atoms. The molecule has 0 fully saturated rings. The van der Waals surface area contributed by atoms with Crippen LogP contribution in [-0.2, 0) is 24.9 Å². The Labute approximate surface area is 181 Å². The molecule has 1 radical (unpaired) electrons. The second kappa shape index (κ2) is 9.69. The quantitative estimate of drug-likeness (QED) is 0.193. The topological polar surface area (TPSA) is 63.1 Å². The SMILES string of the molecule is CC(=O)/C=C(/C)O.Cc1cncc2c1sc1c(-c3ccccn3)[c-]ccc12.[Ir]. The summed E-state index contributed by atoms with van der Waals surface area (Å²) in [4.78, 5) is 18.8. The van der Waals surface area contributed by atoms with Gasteiger partial charge in [-0.05, 0) is 48.2 Å². The molecule has 0 aliphatic heterocycles. The molecule has 0 unspecified atom stereocenters. The maximum absolute atomic E-state index is 10.0. The van der Waals surface area contributed by atoms with Crippen LogP contribution in [-0.4, -0.2) is 20.9 Å². The molecular formula is C22H19IrN2O2S-. The standard InChI is InChI=1S/C17H11N2S.C5H8O2.Ir/c1-11-9-18-10-14-12-5-4-6-13(17(12)20-16(11)14)15-7-2-3-8-19-15;1-4(6)3-5(2)7;/h2-5,7-10H,1H3;3,6H,1-2H3;/q-1;;/b;4-3-;. The van der Waals surface area contributed by atoms with Crippen LogP contribution in [0.15, 0.2) is 60.8 Å². The number of benzene rings is 1. The number of aryl methyl sites for hydroxylation is 1. The minimum absolute atomic E-state index is 0. The zero-order valence-corrected chi connectivity index (χ0v) is 18.9. The minimum Gasteiger partial charge on any atom is -0.512 e. The minimum atomic E-state index is -0.125. The molecule has 1 N–H and O–H groups in total. The molecule has 4 aromatic rings. The molecule has 0 atom stereocenters. The summed E-state index contributed by atoms with van der Waals surface area (Å²) in [6, 6.07) is 13.4.